The first kappa shape index (κ1) is 13.8. The van der Waals surface area contributed by atoms with Gasteiger partial charge in [-0.15, -0.1) is 0 Å². The van der Waals surface area contributed by atoms with Crippen molar-refractivity contribution < 1.29 is 14.7 Å². The molecule has 0 bridgehead atoms. The number of nitrogens with zero attached hydrogens (tertiary/aromatic N) is 1. The summed E-state index contributed by atoms with van der Waals surface area (Å²) in [7, 11) is 0. The van der Waals surface area contributed by atoms with E-state index in [1.165, 1.54) is 6.20 Å². The summed E-state index contributed by atoms with van der Waals surface area (Å²) in [5.41, 5.74) is 1.01. The van der Waals surface area contributed by atoms with Crippen molar-refractivity contribution in [3.8, 4) is 0 Å². The topological polar surface area (TPSA) is 79.3 Å². The number of aliphatic carboxylic acids is 1. The Bertz CT molecular complexity index is 515. The summed E-state index contributed by atoms with van der Waals surface area (Å²) in [5, 5.41) is 11.9. The van der Waals surface area contributed by atoms with E-state index in [0.717, 1.165) is 18.5 Å². The Kier molecular flexibility index (Phi) is 4.04. The van der Waals surface area contributed by atoms with Crippen LogP contribution >= 0.6 is 11.6 Å². The van der Waals surface area contributed by atoms with Crippen molar-refractivity contribution in [3.05, 3.63) is 28.5 Å². The number of carbonyl (C=O) groups excluding carboxylic acids is 1. The van der Waals surface area contributed by atoms with Gasteiger partial charge in [0.1, 0.15) is 0 Å². The number of carboxylic acid groups (broad SMARTS) is 1. The number of hydrogen-bond donors (Lipinski definition) is 2. The molecule has 1 aliphatic carbocycles. The maximum absolute atomic E-state index is 12.1. The first-order chi connectivity index (χ1) is 8.97. The number of halogens is 1. The summed E-state index contributed by atoms with van der Waals surface area (Å²) in [4.78, 5) is 26.9. The maximum Gasteiger partial charge on any atom is 0.305 e. The van der Waals surface area contributed by atoms with Gasteiger partial charge in [-0.2, -0.15) is 0 Å². The van der Waals surface area contributed by atoms with Crippen molar-refractivity contribution in [2.24, 2.45) is 5.92 Å². The van der Waals surface area contributed by atoms with Gasteiger partial charge in [0.25, 0.3) is 5.91 Å². The Morgan fingerprint density at radius 3 is 2.79 bits per heavy atom. The van der Waals surface area contributed by atoms with Crippen LogP contribution in [0.15, 0.2) is 12.3 Å². The molecule has 19 heavy (non-hydrogen) atoms. The highest BCUT2D eigenvalue weighted by Crippen LogP contribution is 2.34. The summed E-state index contributed by atoms with van der Waals surface area (Å²) >= 11 is 5.99. The highest BCUT2D eigenvalue weighted by Gasteiger charge is 2.34. The molecule has 2 N–H and O–H groups in total. The molecule has 1 unspecified atom stereocenters. The third-order valence-electron chi connectivity index (χ3n) is 3.14. The molecule has 1 heterocycles. The zero-order chi connectivity index (χ0) is 14.0. The molecule has 1 fully saturated rings. The lowest BCUT2D eigenvalue weighted by Gasteiger charge is -2.16. The number of amides is 1. The molecule has 0 radical (unpaired) electrons. The largest absolute Gasteiger partial charge is 0.481 e. The van der Waals surface area contributed by atoms with Crippen molar-refractivity contribution in [2.45, 2.75) is 32.2 Å². The number of rotatable bonds is 5. The molecule has 0 saturated heterocycles. The van der Waals surface area contributed by atoms with Crippen LogP contribution in [0.5, 0.6) is 0 Å². The maximum atomic E-state index is 12.1. The summed E-state index contributed by atoms with van der Waals surface area (Å²) in [6.07, 6.45) is 3.27. The van der Waals surface area contributed by atoms with Crippen LogP contribution in [0.4, 0.5) is 0 Å². The van der Waals surface area contributed by atoms with Crippen LogP contribution in [0, 0.1) is 12.8 Å². The van der Waals surface area contributed by atoms with Crippen LogP contribution in [0.3, 0.4) is 0 Å². The number of aromatic nitrogens is 1. The fraction of sp³-hybridized carbons (Fsp3) is 0.462. The highest BCUT2D eigenvalue weighted by atomic mass is 35.5. The first-order valence-electron chi connectivity index (χ1n) is 6.12. The lowest BCUT2D eigenvalue weighted by molar-refractivity contribution is -0.137. The minimum absolute atomic E-state index is 0.0622. The predicted molar refractivity (Wildman–Crippen MR) is 70.2 cm³/mol. The van der Waals surface area contributed by atoms with E-state index in [1.54, 1.807) is 13.0 Å². The van der Waals surface area contributed by atoms with E-state index in [9.17, 15) is 9.59 Å². The van der Waals surface area contributed by atoms with Crippen molar-refractivity contribution in [3.63, 3.8) is 0 Å². The summed E-state index contributed by atoms with van der Waals surface area (Å²) < 4.78 is 0. The minimum atomic E-state index is -0.912. The van der Waals surface area contributed by atoms with Gasteiger partial charge in [-0.1, -0.05) is 11.6 Å². The van der Waals surface area contributed by atoms with Gasteiger partial charge in [-0.25, -0.2) is 0 Å². The molecular formula is C13H15ClN2O3. The fourth-order valence-corrected chi connectivity index (χ4v) is 2.25. The molecule has 1 aliphatic rings. The van der Waals surface area contributed by atoms with Crippen LogP contribution in [0.2, 0.25) is 5.02 Å². The van der Waals surface area contributed by atoms with Gasteiger partial charge >= 0.3 is 5.97 Å². The van der Waals surface area contributed by atoms with Gasteiger partial charge in [0, 0.05) is 17.9 Å². The third kappa shape index (κ3) is 3.67. The zero-order valence-corrected chi connectivity index (χ0v) is 11.3. The third-order valence-corrected chi connectivity index (χ3v) is 3.45. The van der Waals surface area contributed by atoms with Gasteiger partial charge < -0.3 is 10.4 Å². The molecule has 6 heteroatoms. The molecular weight excluding hydrogens is 268 g/mol. The zero-order valence-electron chi connectivity index (χ0n) is 10.5. The molecule has 102 valence electrons. The van der Waals surface area contributed by atoms with E-state index in [2.05, 4.69) is 10.3 Å². The van der Waals surface area contributed by atoms with Crippen LogP contribution < -0.4 is 5.32 Å². The SMILES string of the molecule is Cc1cc(Cl)c(C(=O)NC(CC(=O)O)C2CC2)cn1. The van der Waals surface area contributed by atoms with E-state index >= 15 is 0 Å². The summed E-state index contributed by atoms with van der Waals surface area (Å²) in [5.74, 6) is -1.02. The molecule has 1 aromatic rings. The number of hydrogen-bond acceptors (Lipinski definition) is 3. The Balaban J connectivity index is 2.08. The molecule has 0 spiro atoms. The van der Waals surface area contributed by atoms with Gasteiger partial charge in [0.15, 0.2) is 0 Å². The predicted octanol–water partition coefficient (Wildman–Crippen LogP) is 2.03. The molecule has 5 nitrogen and oxygen atoms in total. The second-order valence-electron chi connectivity index (χ2n) is 4.82. The van der Waals surface area contributed by atoms with E-state index < -0.39 is 5.97 Å². The lowest BCUT2D eigenvalue weighted by Crippen LogP contribution is -2.38. The molecule has 0 aliphatic heterocycles. The van der Waals surface area contributed by atoms with Crippen molar-refractivity contribution >= 4 is 23.5 Å². The van der Waals surface area contributed by atoms with Crippen molar-refractivity contribution in [1.82, 2.24) is 10.3 Å². The number of aryl methyl sites for hydroxylation is 1. The number of pyridine rings is 1. The molecule has 1 amide bonds. The number of carboxylic acids is 1. The molecule has 0 aromatic carbocycles. The molecule has 1 saturated carbocycles. The summed E-state index contributed by atoms with van der Waals surface area (Å²) in [6.45, 7) is 1.78. The normalized spacial score (nSPS) is 15.9. The highest BCUT2D eigenvalue weighted by molar-refractivity contribution is 6.33. The van der Waals surface area contributed by atoms with Crippen LogP contribution in [-0.2, 0) is 4.79 Å². The average Bonchev–Trinajstić information content (AvgIpc) is 3.10. The van der Waals surface area contributed by atoms with Gasteiger partial charge in [0.05, 0.1) is 17.0 Å². The standard InChI is InChI=1S/C13H15ClN2O3/c1-7-4-10(14)9(6-15-7)13(19)16-11(5-12(17)18)8-2-3-8/h4,6,8,11H,2-3,5H2,1H3,(H,16,19)(H,17,18). The Labute approximate surface area is 116 Å². The number of nitrogens with one attached hydrogen (secondary N) is 1. The van der Waals surface area contributed by atoms with E-state index in [1.807, 2.05) is 0 Å². The van der Waals surface area contributed by atoms with E-state index in [-0.39, 0.29) is 29.9 Å². The second kappa shape index (κ2) is 5.57. The van der Waals surface area contributed by atoms with Crippen molar-refractivity contribution in [1.29, 1.82) is 0 Å². The lowest BCUT2D eigenvalue weighted by atomic mass is 10.1. The van der Waals surface area contributed by atoms with Crippen LogP contribution in [0.1, 0.15) is 35.3 Å². The molecule has 1 aromatic heterocycles. The quantitative estimate of drug-likeness (QED) is 0.866. The Hall–Kier alpha value is -1.62. The van der Waals surface area contributed by atoms with Gasteiger partial charge in [-0.05, 0) is 31.7 Å². The monoisotopic (exact) mass is 282 g/mol. The Morgan fingerprint density at radius 2 is 2.26 bits per heavy atom. The molecule has 1 atom stereocenters. The smallest absolute Gasteiger partial charge is 0.305 e. The molecule has 2 rings (SSSR count). The summed E-state index contributed by atoms with van der Waals surface area (Å²) in [6, 6.07) is 1.28. The van der Waals surface area contributed by atoms with Crippen molar-refractivity contribution in [2.75, 3.05) is 0 Å². The van der Waals surface area contributed by atoms with E-state index in [0.29, 0.717) is 5.02 Å². The van der Waals surface area contributed by atoms with E-state index in [4.69, 9.17) is 16.7 Å². The fourth-order valence-electron chi connectivity index (χ4n) is 1.96. The first-order valence-corrected chi connectivity index (χ1v) is 6.50. The van der Waals surface area contributed by atoms with Gasteiger partial charge in [-0.3, -0.25) is 14.6 Å². The van der Waals surface area contributed by atoms with Gasteiger partial charge in [0.2, 0.25) is 0 Å². The minimum Gasteiger partial charge on any atom is -0.481 e. The number of carbonyl (C=O) groups is 2. The van der Waals surface area contributed by atoms with Crippen LogP contribution in [0.25, 0.3) is 0 Å². The average molecular weight is 283 g/mol. The second-order valence-corrected chi connectivity index (χ2v) is 5.23. The van der Waals surface area contributed by atoms with Crippen LogP contribution in [-0.4, -0.2) is 28.0 Å². The Morgan fingerprint density at radius 1 is 1.58 bits per heavy atom.